The molecule has 1 atom stereocenters. The van der Waals surface area contributed by atoms with Crippen LogP contribution in [0, 0.1) is 0 Å². The zero-order chi connectivity index (χ0) is 11.3. The van der Waals surface area contributed by atoms with Crippen LogP contribution in [0.5, 0.6) is 0 Å². The van der Waals surface area contributed by atoms with E-state index in [1.54, 1.807) is 0 Å². The number of halogens is 1. The summed E-state index contributed by atoms with van der Waals surface area (Å²) in [6.07, 6.45) is 2.64. The molecule has 16 heavy (non-hydrogen) atoms. The first-order valence-electron chi connectivity index (χ1n) is 5.67. The molecule has 0 saturated carbocycles. The highest BCUT2D eigenvalue weighted by atomic mass is 127. The first kappa shape index (κ1) is 16.4. The maximum atomic E-state index is 4.68. The lowest BCUT2D eigenvalue weighted by Gasteiger charge is -2.22. The Labute approximate surface area is 121 Å². The van der Waals surface area contributed by atoms with Gasteiger partial charge in [-0.15, -0.1) is 24.0 Å². The van der Waals surface area contributed by atoms with Gasteiger partial charge in [0.1, 0.15) is 0 Å². The Morgan fingerprint density at radius 1 is 1.50 bits per heavy atom. The highest BCUT2D eigenvalue weighted by molar-refractivity contribution is 14.0. The van der Waals surface area contributed by atoms with Gasteiger partial charge in [-0.25, -0.2) is 0 Å². The van der Waals surface area contributed by atoms with Gasteiger partial charge in [0.15, 0.2) is 5.96 Å². The van der Waals surface area contributed by atoms with Crippen molar-refractivity contribution in [1.82, 2.24) is 10.2 Å². The molecular weight excluding hydrogens is 333 g/mol. The normalized spacial score (nSPS) is 25.1. The van der Waals surface area contributed by atoms with E-state index in [-0.39, 0.29) is 24.0 Å². The molecule has 96 valence electrons. The number of nitrogens with one attached hydrogen (secondary N) is 1. The van der Waals surface area contributed by atoms with Gasteiger partial charge in [-0.05, 0) is 32.4 Å². The third-order valence-electron chi connectivity index (χ3n) is 2.62. The van der Waals surface area contributed by atoms with Crippen LogP contribution < -0.4 is 5.32 Å². The molecule has 1 unspecified atom stereocenters. The third kappa shape index (κ3) is 5.12. The molecule has 0 radical (unpaired) electrons. The molecule has 0 aromatic rings. The van der Waals surface area contributed by atoms with Gasteiger partial charge in [0, 0.05) is 25.4 Å². The van der Waals surface area contributed by atoms with Crippen molar-refractivity contribution in [3.05, 3.63) is 0 Å². The van der Waals surface area contributed by atoms with Crippen LogP contribution in [-0.4, -0.2) is 48.5 Å². The van der Waals surface area contributed by atoms with Crippen molar-refractivity contribution >= 4 is 41.7 Å². The van der Waals surface area contributed by atoms with Crippen molar-refractivity contribution in [1.29, 1.82) is 0 Å². The molecule has 1 fully saturated rings. The number of rotatable bonds is 3. The minimum Gasteiger partial charge on any atom is -0.357 e. The third-order valence-corrected chi connectivity index (χ3v) is 4.15. The van der Waals surface area contributed by atoms with Gasteiger partial charge in [0.2, 0.25) is 0 Å². The highest BCUT2D eigenvalue weighted by Gasteiger charge is 2.29. The summed E-state index contributed by atoms with van der Waals surface area (Å²) in [7, 11) is 4.07. The van der Waals surface area contributed by atoms with E-state index in [0.717, 1.165) is 19.0 Å². The summed E-state index contributed by atoms with van der Waals surface area (Å²) in [4.78, 5) is 6.73. The summed E-state index contributed by atoms with van der Waals surface area (Å²) in [5.41, 5.74) is 0. The molecule has 0 aliphatic carbocycles. The van der Waals surface area contributed by atoms with Crippen LogP contribution in [0.1, 0.15) is 26.7 Å². The molecule has 0 spiro atoms. The van der Waals surface area contributed by atoms with E-state index in [9.17, 15) is 0 Å². The number of hydrogen-bond donors (Lipinski definition) is 1. The van der Waals surface area contributed by atoms with Crippen LogP contribution in [0.15, 0.2) is 4.99 Å². The molecule has 0 bridgehead atoms. The monoisotopic (exact) mass is 357 g/mol. The number of guanidine groups is 1. The van der Waals surface area contributed by atoms with Crippen molar-refractivity contribution in [3.8, 4) is 0 Å². The Kier molecular flexibility index (Phi) is 7.80. The predicted molar refractivity (Wildman–Crippen MR) is 85.2 cm³/mol. The zero-order valence-corrected chi connectivity index (χ0v) is 13.9. The Morgan fingerprint density at radius 3 is 2.62 bits per heavy atom. The van der Waals surface area contributed by atoms with E-state index in [1.807, 2.05) is 19.0 Å². The molecule has 1 saturated heterocycles. The fourth-order valence-corrected chi connectivity index (χ4v) is 2.94. The fourth-order valence-electron chi connectivity index (χ4n) is 1.72. The summed E-state index contributed by atoms with van der Waals surface area (Å²) >= 11 is 2.06. The average Bonchev–Trinajstić information content (AvgIpc) is 2.60. The quantitative estimate of drug-likeness (QED) is 0.478. The second-order valence-corrected chi connectivity index (χ2v) is 6.15. The van der Waals surface area contributed by atoms with E-state index in [1.165, 1.54) is 18.6 Å². The summed E-state index contributed by atoms with van der Waals surface area (Å²) < 4.78 is 0.372. The standard InChI is InChI=1S/C11H23N3S.HI/c1-5-12-10(14(3)4)13-9-11(2)7-6-8-15-11;/h5-9H2,1-4H3,(H,12,13);1H. The molecule has 5 heteroatoms. The van der Waals surface area contributed by atoms with E-state index < -0.39 is 0 Å². The molecule has 3 nitrogen and oxygen atoms in total. The minimum atomic E-state index is 0. The molecule has 0 aromatic carbocycles. The van der Waals surface area contributed by atoms with Gasteiger partial charge in [-0.3, -0.25) is 4.99 Å². The molecule has 1 rings (SSSR count). The van der Waals surface area contributed by atoms with Gasteiger partial charge >= 0.3 is 0 Å². The van der Waals surface area contributed by atoms with Crippen molar-refractivity contribution in [2.75, 3.05) is 32.9 Å². The molecular formula is C11H24IN3S. The fraction of sp³-hybridized carbons (Fsp3) is 0.909. The van der Waals surface area contributed by atoms with Crippen LogP contribution in [-0.2, 0) is 0 Å². The number of thioether (sulfide) groups is 1. The smallest absolute Gasteiger partial charge is 0.193 e. The first-order chi connectivity index (χ1) is 7.07. The summed E-state index contributed by atoms with van der Waals surface area (Å²) in [5.74, 6) is 2.30. The van der Waals surface area contributed by atoms with Crippen molar-refractivity contribution in [2.24, 2.45) is 4.99 Å². The van der Waals surface area contributed by atoms with Crippen molar-refractivity contribution in [2.45, 2.75) is 31.4 Å². The minimum absolute atomic E-state index is 0. The summed E-state index contributed by atoms with van der Waals surface area (Å²) in [5, 5.41) is 3.29. The summed E-state index contributed by atoms with van der Waals surface area (Å²) in [6, 6.07) is 0. The van der Waals surface area contributed by atoms with Gasteiger partial charge in [-0.1, -0.05) is 0 Å². The molecule has 0 aromatic heterocycles. The molecule has 1 aliphatic heterocycles. The Morgan fingerprint density at radius 2 is 2.19 bits per heavy atom. The summed E-state index contributed by atoms with van der Waals surface area (Å²) in [6.45, 7) is 6.29. The van der Waals surface area contributed by atoms with Crippen LogP contribution in [0.3, 0.4) is 0 Å². The largest absolute Gasteiger partial charge is 0.357 e. The topological polar surface area (TPSA) is 27.6 Å². The Balaban J connectivity index is 0.00000225. The van der Waals surface area contributed by atoms with E-state index in [0.29, 0.717) is 4.75 Å². The maximum Gasteiger partial charge on any atom is 0.193 e. The predicted octanol–water partition coefficient (Wildman–Crippen LogP) is 2.42. The van der Waals surface area contributed by atoms with Crippen LogP contribution in [0.4, 0.5) is 0 Å². The number of nitrogens with zero attached hydrogens (tertiary/aromatic N) is 2. The van der Waals surface area contributed by atoms with Crippen molar-refractivity contribution < 1.29 is 0 Å². The second-order valence-electron chi connectivity index (χ2n) is 4.47. The number of aliphatic imine (C=N–C) groups is 1. The van der Waals surface area contributed by atoms with E-state index >= 15 is 0 Å². The van der Waals surface area contributed by atoms with Gasteiger partial charge < -0.3 is 10.2 Å². The van der Waals surface area contributed by atoms with Crippen LogP contribution in [0.2, 0.25) is 0 Å². The first-order valence-corrected chi connectivity index (χ1v) is 6.65. The van der Waals surface area contributed by atoms with Crippen LogP contribution >= 0.6 is 35.7 Å². The highest BCUT2D eigenvalue weighted by Crippen LogP contribution is 2.37. The maximum absolute atomic E-state index is 4.68. The van der Waals surface area contributed by atoms with Gasteiger partial charge in [-0.2, -0.15) is 11.8 Å². The zero-order valence-electron chi connectivity index (χ0n) is 10.7. The molecule has 0 amide bonds. The lowest BCUT2D eigenvalue weighted by molar-refractivity contribution is 0.566. The van der Waals surface area contributed by atoms with E-state index in [2.05, 4.69) is 35.9 Å². The average molecular weight is 357 g/mol. The molecule has 1 aliphatic rings. The number of hydrogen-bond acceptors (Lipinski definition) is 2. The van der Waals surface area contributed by atoms with Crippen molar-refractivity contribution in [3.63, 3.8) is 0 Å². The van der Waals surface area contributed by atoms with Gasteiger partial charge in [0.25, 0.3) is 0 Å². The lowest BCUT2D eigenvalue weighted by atomic mass is 10.1. The van der Waals surface area contributed by atoms with Crippen LogP contribution in [0.25, 0.3) is 0 Å². The molecule has 1 heterocycles. The Hall–Kier alpha value is 0.350. The second kappa shape index (κ2) is 7.63. The lowest BCUT2D eigenvalue weighted by Crippen LogP contribution is -2.37. The van der Waals surface area contributed by atoms with Gasteiger partial charge in [0.05, 0.1) is 6.54 Å². The Bertz CT molecular complexity index is 225. The van der Waals surface area contributed by atoms with E-state index in [4.69, 9.17) is 0 Å². The molecule has 1 N–H and O–H groups in total. The SMILES string of the molecule is CCNC(=NCC1(C)CCCS1)N(C)C.I.